The van der Waals surface area contributed by atoms with E-state index in [0.29, 0.717) is 18.4 Å². The average molecular weight is 291 g/mol. The second kappa shape index (κ2) is 8.81. The molecule has 0 aliphatic rings. The highest BCUT2D eigenvalue weighted by Crippen LogP contribution is 2.21. The van der Waals surface area contributed by atoms with Crippen molar-refractivity contribution in [2.45, 2.75) is 25.3 Å². The number of methoxy groups -OCH3 is 1. The lowest BCUT2D eigenvalue weighted by atomic mass is 10.0. The number of alkyl halides is 2. The lowest BCUT2D eigenvalue weighted by Crippen LogP contribution is -2.29. The molecule has 0 aliphatic heterocycles. The summed E-state index contributed by atoms with van der Waals surface area (Å²) in [5, 5.41) is 3.03. The Labute approximate surface area is 117 Å². The molecule has 1 aromatic rings. The number of ether oxygens (including phenoxy) is 2. The Morgan fingerprint density at radius 2 is 2.05 bits per heavy atom. The Balaban J connectivity index is 2.51. The van der Waals surface area contributed by atoms with Gasteiger partial charge in [0.1, 0.15) is 6.61 Å². The van der Waals surface area contributed by atoms with E-state index in [1.807, 2.05) is 0 Å². The molecular weight excluding hydrogens is 271 g/mol. The number of halogens is 3. The monoisotopic (exact) mass is 291 g/mol. The molecule has 0 fully saturated rings. The fourth-order valence-electron chi connectivity index (χ4n) is 1.88. The van der Waals surface area contributed by atoms with Gasteiger partial charge in [-0.3, -0.25) is 0 Å². The number of benzene rings is 1. The third kappa shape index (κ3) is 5.38. The lowest BCUT2D eigenvalue weighted by molar-refractivity contribution is 0.0146. The van der Waals surface area contributed by atoms with Crippen molar-refractivity contribution in [2.24, 2.45) is 0 Å². The van der Waals surface area contributed by atoms with E-state index in [-0.39, 0.29) is 24.2 Å². The molecule has 1 unspecified atom stereocenters. The number of hydrogen-bond donors (Lipinski definition) is 1. The largest absolute Gasteiger partial charge is 0.494 e. The van der Waals surface area contributed by atoms with E-state index in [2.05, 4.69) is 5.32 Å². The number of nitrogens with one attached hydrogen (secondary N) is 1. The van der Waals surface area contributed by atoms with E-state index in [0.717, 1.165) is 0 Å². The quantitative estimate of drug-likeness (QED) is 0.710. The Morgan fingerprint density at radius 1 is 1.30 bits per heavy atom. The van der Waals surface area contributed by atoms with Gasteiger partial charge in [-0.05, 0) is 31.5 Å². The predicted octanol–water partition coefficient (Wildman–Crippen LogP) is 2.64. The fraction of sp³-hybridized carbons (Fsp3) is 0.571. The van der Waals surface area contributed by atoms with E-state index in [4.69, 9.17) is 9.47 Å². The van der Waals surface area contributed by atoms with Crippen LogP contribution in [0.5, 0.6) is 5.75 Å². The van der Waals surface area contributed by atoms with Crippen LogP contribution in [-0.4, -0.2) is 39.8 Å². The van der Waals surface area contributed by atoms with Gasteiger partial charge in [0.25, 0.3) is 6.43 Å². The third-order valence-corrected chi connectivity index (χ3v) is 2.99. The molecule has 6 heteroatoms. The van der Waals surface area contributed by atoms with Gasteiger partial charge < -0.3 is 14.8 Å². The minimum atomic E-state index is -2.46. The second-order valence-electron chi connectivity index (χ2n) is 4.38. The molecule has 3 nitrogen and oxygen atoms in total. The first kappa shape index (κ1) is 16.8. The van der Waals surface area contributed by atoms with Gasteiger partial charge in [-0.1, -0.05) is 12.1 Å². The maximum Gasteiger partial charge on any atom is 0.261 e. The summed E-state index contributed by atoms with van der Waals surface area (Å²) in [7, 11) is 3.16. The van der Waals surface area contributed by atoms with Crippen LogP contribution < -0.4 is 10.1 Å². The molecule has 0 saturated heterocycles. The molecule has 1 aromatic carbocycles. The molecule has 0 heterocycles. The smallest absolute Gasteiger partial charge is 0.261 e. The molecule has 0 radical (unpaired) electrons. The minimum Gasteiger partial charge on any atom is -0.494 e. The Bertz CT molecular complexity index is 402. The number of hydrogen-bond acceptors (Lipinski definition) is 3. The summed E-state index contributed by atoms with van der Waals surface area (Å²) in [4.78, 5) is 0. The summed E-state index contributed by atoms with van der Waals surface area (Å²) in [5.41, 5.74) is 0.526. The van der Waals surface area contributed by atoms with Gasteiger partial charge in [0.2, 0.25) is 0 Å². The maximum absolute atomic E-state index is 14.0. The minimum absolute atomic E-state index is 0.0470. The zero-order chi connectivity index (χ0) is 15.0. The first-order valence-corrected chi connectivity index (χ1v) is 6.43. The van der Waals surface area contributed by atoms with Crippen molar-refractivity contribution in [3.63, 3.8) is 0 Å². The molecule has 0 aromatic heterocycles. The van der Waals surface area contributed by atoms with Crippen LogP contribution in [0.25, 0.3) is 0 Å². The second-order valence-corrected chi connectivity index (χ2v) is 4.38. The van der Waals surface area contributed by atoms with Gasteiger partial charge in [-0.25, -0.2) is 13.2 Å². The van der Waals surface area contributed by atoms with Crippen molar-refractivity contribution < 1.29 is 22.6 Å². The molecule has 0 bridgehead atoms. The van der Waals surface area contributed by atoms with E-state index >= 15 is 0 Å². The van der Waals surface area contributed by atoms with Crippen LogP contribution >= 0.6 is 0 Å². The Morgan fingerprint density at radius 3 is 2.65 bits per heavy atom. The molecule has 0 saturated carbocycles. The standard InChI is InChI=1S/C14H20F3NO2/c1-18-11(6-7-20-9-13(15)16)8-10-4-3-5-12(19-2)14(10)17/h3-5,11,13,18H,6-9H2,1-2H3. The molecule has 114 valence electrons. The van der Waals surface area contributed by atoms with Crippen LogP contribution in [0.2, 0.25) is 0 Å². The summed E-state index contributed by atoms with van der Waals surface area (Å²) in [6.07, 6.45) is -1.49. The molecule has 1 atom stereocenters. The Kier molecular flexibility index (Phi) is 7.40. The lowest BCUT2D eigenvalue weighted by Gasteiger charge is -2.17. The van der Waals surface area contributed by atoms with E-state index < -0.39 is 13.0 Å². The topological polar surface area (TPSA) is 30.5 Å². The summed E-state index contributed by atoms with van der Waals surface area (Å²) >= 11 is 0. The highest BCUT2D eigenvalue weighted by molar-refractivity contribution is 5.31. The van der Waals surface area contributed by atoms with Gasteiger partial charge in [-0.15, -0.1) is 0 Å². The van der Waals surface area contributed by atoms with Crippen LogP contribution in [0.15, 0.2) is 18.2 Å². The van der Waals surface area contributed by atoms with Crippen molar-refractivity contribution in [1.29, 1.82) is 0 Å². The van der Waals surface area contributed by atoms with Crippen LogP contribution in [0.3, 0.4) is 0 Å². The fourth-order valence-corrected chi connectivity index (χ4v) is 1.88. The molecule has 20 heavy (non-hydrogen) atoms. The molecule has 0 spiro atoms. The van der Waals surface area contributed by atoms with E-state index in [1.165, 1.54) is 7.11 Å². The SMILES string of the molecule is CNC(CCOCC(F)F)Cc1cccc(OC)c1F. The van der Waals surface area contributed by atoms with E-state index in [9.17, 15) is 13.2 Å². The predicted molar refractivity (Wildman–Crippen MR) is 70.9 cm³/mol. The van der Waals surface area contributed by atoms with E-state index in [1.54, 1.807) is 25.2 Å². The highest BCUT2D eigenvalue weighted by atomic mass is 19.3. The number of likely N-dealkylation sites (N-methyl/N-ethyl adjacent to an activating group) is 1. The normalized spacial score (nSPS) is 12.7. The number of rotatable bonds is 9. The summed E-state index contributed by atoms with van der Waals surface area (Å²) in [6.45, 7) is -0.356. The summed E-state index contributed by atoms with van der Waals surface area (Å²) < 4.78 is 47.6. The molecule has 0 amide bonds. The average Bonchev–Trinajstić information content (AvgIpc) is 2.43. The summed E-state index contributed by atoms with van der Waals surface area (Å²) in [6, 6.07) is 4.91. The van der Waals surface area contributed by atoms with Crippen molar-refractivity contribution in [1.82, 2.24) is 5.32 Å². The van der Waals surface area contributed by atoms with Gasteiger partial charge >= 0.3 is 0 Å². The van der Waals surface area contributed by atoms with Gasteiger partial charge in [0.05, 0.1) is 7.11 Å². The molecule has 1 rings (SSSR count). The van der Waals surface area contributed by atoms with Crippen molar-refractivity contribution in [3.05, 3.63) is 29.6 Å². The van der Waals surface area contributed by atoms with Crippen molar-refractivity contribution in [3.8, 4) is 5.75 Å². The van der Waals surface area contributed by atoms with Crippen LogP contribution in [0.4, 0.5) is 13.2 Å². The third-order valence-electron chi connectivity index (χ3n) is 2.99. The summed E-state index contributed by atoms with van der Waals surface area (Å²) in [5.74, 6) is -0.185. The highest BCUT2D eigenvalue weighted by Gasteiger charge is 2.14. The molecule has 1 N–H and O–H groups in total. The first-order valence-electron chi connectivity index (χ1n) is 6.43. The van der Waals surface area contributed by atoms with Gasteiger partial charge in [-0.2, -0.15) is 0 Å². The maximum atomic E-state index is 14.0. The molecule has 0 aliphatic carbocycles. The van der Waals surface area contributed by atoms with Crippen molar-refractivity contribution in [2.75, 3.05) is 27.4 Å². The van der Waals surface area contributed by atoms with Crippen molar-refractivity contribution >= 4 is 0 Å². The van der Waals surface area contributed by atoms with Crippen LogP contribution in [0, 0.1) is 5.82 Å². The van der Waals surface area contributed by atoms with Crippen LogP contribution in [-0.2, 0) is 11.2 Å². The van der Waals surface area contributed by atoms with Gasteiger partial charge in [0.15, 0.2) is 11.6 Å². The zero-order valence-electron chi connectivity index (χ0n) is 11.7. The van der Waals surface area contributed by atoms with Gasteiger partial charge in [0, 0.05) is 12.6 Å². The first-order chi connectivity index (χ1) is 9.58. The molecular formula is C14H20F3NO2. The Hall–Kier alpha value is -1.27. The van der Waals surface area contributed by atoms with Crippen LogP contribution in [0.1, 0.15) is 12.0 Å². The zero-order valence-corrected chi connectivity index (χ0v) is 11.7.